The van der Waals surface area contributed by atoms with E-state index >= 15 is 0 Å². The highest BCUT2D eigenvalue weighted by Crippen LogP contribution is 1.99. The van der Waals surface area contributed by atoms with Crippen molar-refractivity contribution in [2.45, 2.75) is 32.7 Å². The van der Waals surface area contributed by atoms with Gasteiger partial charge in [0, 0.05) is 32.2 Å². The van der Waals surface area contributed by atoms with Gasteiger partial charge in [-0.1, -0.05) is 6.92 Å². The van der Waals surface area contributed by atoms with Crippen LogP contribution < -0.4 is 5.32 Å². The number of hydrogen-bond donors (Lipinski definition) is 1. The Balaban J connectivity index is 1.96. The van der Waals surface area contributed by atoms with Gasteiger partial charge < -0.3 is 15.1 Å². The fourth-order valence-corrected chi connectivity index (χ4v) is 1.87. The third-order valence-corrected chi connectivity index (χ3v) is 3.35. The normalized spacial score (nSPS) is 21.8. The van der Waals surface area contributed by atoms with Crippen molar-refractivity contribution in [3.05, 3.63) is 0 Å². The van der Waals surface area contributed by atoms with Crippen LogP contribution in [0.2, 0.25) is 0 Å². The Morgan fingerprint density at radius 1 is 1.20 bits per heavy atom. The van der Waals surface area contributed by atoms with Gasteiger partial charge in [-0.25, -0.2) is 0 Å². The Kier molecular flexibility index (Phi) is 6.22. The first-order valence-electron chi connectivity index (χ1n) is 6.36. The van der Waals surface area contributed by atoms with Crippen LogP contribution in [0.1, 0.15) is 26.7 Å². The highest BCUT2D eigenvalue weighted by Gasteiger charge is 2.12. The number of likely N-dealkylation sites (N-methyl/N-ethyl adjacent to an activating group) is 1. The second-order valence-electron chi connectivity index (χ2n) is 4.76. The summed E-state index contributed by atoms with van der Waals surface area (Å²) in [6, 6.07) is 0.678. The molecule has 1 N–H and O–H groups in total. The number of hydrogen-bond acceptors (Lipinski definition) is 3. The summed E-state index contributed by atoms with van der Waals surface area (Å²) in [5, 5.41) is 3.54. The molecule has 0 radical (unpaired) electrons. The Morgan fingerprint density at radius 3 is 2.47 bits per heavy atom. The largest absolute Gasteiger partial charge is 0.314 e. The van der Waals surface area contributed by atoms with Crippen LogP contribution >= 0.6 is 0 Å². The highest BCUT2D eigenvalue weighted by atomic mass is 15.2. The summed E-state index contributed by atoms with van der Waals surface area (Å²) in [7, 11) is 2.21. The lowest BCUT2D eigenvalue weighted by Gasteiger charge is -2.32. The summed E-state index contributed by atoms with van der Waals surface area (Å²) < 4.78 is 0. The first-order valence-corrected chi connectivity index (χ1v) is 6.36. The molecule has 1 aliphatic heterocycles. The average molecular weight is 213 g/mol. The number of nitrogens with one attached hydrogen (secondary N) is 1. The predicted molar refractivity (Wildman–Crippen MR) is 66.3 cm³/mol. The van der Waals surface area contributed by atoms with Crippen LogP contribution in [0.5, 0.6) is 0 Å². The van der Waals surface area contributed by atoms with Gasteiger partial charge in [-0.2, -0.15) is 0 Å². The molecule has 3 nitrogen and oxygen atoms in total. The van der Waals surface area contributed by atoms with Crippen LogP contribution in [0.4, 0.5) is 0 Å². The van der Waals surface area contributed by atoms with E-state index in [0.717, 1.165) is 0 Å². The molecule has 1 fully saturated rings. The van der Waals surface area contributed by atoms with Crippen molar-refractivity contribution in [3.8, 4) is 0 Å². The number of nitrogens with zero attached hydrogens (tertiary/aromatic N) is 2. The van der Waals surface area contributed by atoms with Crippen LogP contribution in [0.25, 0.3) is 0 Å². The van der Waals surface area contributed by atoms with E-state index in [1.165, 1.54) is 52.1 Å². The van der Waals surface area contributed by atoms with E-state index < -0.39 is 0 Å². The van der Waals surface area contributed by atoms with Crippen molar-refractivity contribution in [1.82, 2.24) is 15.1 Å². The van der Waals surface area contributed by atoms with Gasteiger partial charge in [0.15, 0.2) is 0 Å². The van der Waals surface area contributed by atoms with Gasteiger partial charge >= 0.3 is 0 Å². The first-order chi connectivity index (χ1) is 7.22. The van der Waals surface area contributed by atoms with Crippen LogP contribution in [-0.4, -0.2) is 62.2 Å². The number of rotatable bonds is 6. The maximum atomic E-state index is 3.54. The quantitative estimate of drug-likeness (QED) is 0.664. The highest BCUT2D eigenvalue weighted by molar-refractivity contribution is 4.69. The average Bonchev–Trinajstić information content (AvgIpc) is 2.26. The van der Waals surface area contributed by atoms with Gasteiger partial charge in [0.25, 0.3) is 0 Å². The molecule has 1 heterocycles. The topological polar surface area (TPSA) is 18.5 Å². The summed E-state index contributed by atoms with van der Waals surface area (Å²) in [6.07, 6.45) is 2.52. The van der Waals surface area contributed by atoms with Crippen molar-refractivity contribution in [3.63, 3.8) is 0 Å². The van der Waals surface area contributed by atoms with Crippen molar-refractivity contribution in [1.29, 1.82) is 0 Å². The van der Waals surface area contributed by atoms with Crippen molar-refractivity contribution in [2.75, 3.05) is 46.3 Å². The van der Waals surface area contributed by atoms with E-state index in [1.807, 2.05) is 0 Å². The molecule has 1 saturated heterocycles. The lowest BCUT2D eigenvalue weighted by molar-refractivity contribution is 0.152. The van der Waals surface area contributed by atoms with Crippen molar-refractivity contribution >= 4 is 0 Å². The maximum absolute atomic E-state index is 3.54. The standard InChI is InChI=1S/C12H27N3/c1-4-12(2)13-6-5-7-15-10-8-14(3)9-11-15/h12-13H,4-11H2,1-3H3/t12-/m0/s1. The van der Waals surface area contributed by atoms with Gasteiger partial charge in [-0.3, -0.25) is 0 Å². The molecule has 1 aliphatic rings. The summed E-state index contributed by atoms with van der Waals surface area (Å²) in [5.74, 6) is 0. The van der Waals surface area contributed by atoms with Crippen LogP contribution in [0.15, 0.2) is 0 Å². The maximum Gasteiger partial charge on any atom is 0.0110 e. The van der Waals surface area contributed by atoms with Gasteiger partial charge in [0.05, 0.1) is 0 Å². The molecule has 0 aromatic carbocycles. The molecule has 1 atom stereocenters. The minimum Gasteiger partial charge on any atom is -0.314 e. The van der Waals surface area contributed by atoms with E-state index in [4.69, 9.17) is 0 Å². The lowest BCUT2D eigenvalue weighted by atomic mass is 10.2. The zero-order valence-corrected chi connectivity index (χ0v) is 10.6. The SMILES string of the molecule is CC[C@H](C)NCCCN1CCN(C)CC1. The molecule has 0 saturated carbocycles. The summed E-state index contributed by atoms with van der Waals surface area (Å²) in [6.45, 7) is 11.9. The van der Waals surface area contributed by atoms with Gasteiger partial charge in [0.2, 0.25) is 0 Å². The second kappa shape index (κ2) is 7.20. The molecular weight excluding hydrogens is 186 g/mol. The molecule has 0 bridgehead atoms. The Morgan fingerprint density at radius 2 is 1.87 bits per heavy atom. The molecule has 0 spiro atoms. The fourth-order valence-electron chi connectivity index (χ4n) is 1.87. The van der Waals surface area contributed by atoms with Crippen LogP contribution in [-0.2, 0) is 0 Å². The fraction of sp³-hybridized carbons (Fsp3) is 1.00. The molecule has 0 unspecified atom stereocenters. The smallest absolute Gasteiger partial charge is 0.0110 e. The van der Waals surface area contributed by atoms with Crippen LogP contribution in [0, 0.1) is 0 Å². The summed E-state index contributed by atoms with van der Waals surface area (Å²) in [4.78, 5) is 4.99. The van der Waals surface area contributed by atoms with E-state index in [2.05, 4.69) is 36.0 Å². The van der Waals surface area contributed by atoms with E-state index in [9.17, 15) is 0 Å². The van der Waals surface area contributed by atoms with E-state index in [-0.39, 0.29) is 0 Å². The lowest BCUT2D eigenvalue weighted by Crippen LogP contribution is -2.45. The molecule has 0 aromatic heterocycles. The molecule has 0 aromatic rings. The molecule has 90 valence electrons. The minimum absolute atomic E-state index is 0.678. The van der Waals surface area contributed by atoms with E-state index in [1.54, 1.807) is 0 Å². The molecule has 1 rings (SSSR count). The zero-order chi connectivity index (χ0) is 11.1. The van der Waals surface area contributed by atoms with Crippen molar-refractivity contribution in [2.24, 2.45) is 0 Å². The van der Waals surface area contributed by atoms with E-state index in [0.29, 0.717) is 6.04 Å². The number of piperazine rings is 1. The molecule has 0 aliphatic carbocycles. The third kappa shape index (κ3) is 5.50. The molecular formula is C12H27N3. The minimum atomic E-state index is 0.678. The van der Waals surface area contributed by atoms with Crippen molar-refractivity contribution < 1.29 is 0 Å². The predicted octanol–water partition coefficient (Wildman–Crippen LogP) is 1.01. The van der Waals surface area contributed by atoms with Gasteiger partial charge in [0.1, 0.15) is 0 Å². The first kappa shape index (κ1) is 12.9. The monoisotopic (exact) mass is 213 g/mol. The summed E-state index contributed by atoms with van der Waals surface area (Å²) in [5.41, 5.74) is 0. The molecule has 3 heteroatoms. The molecule has 15 heavy (non-hydrogen) atoms. The van der Waals surface area contributed by atoms with Crippen LogP contribution in [0.3, 0.4) is 0 Å². The van der Waals surface area contributed by atoms with Gasteiger partial charge in [-0.15, -0.1) is 0 Å². The van der Waals surface area contributed by atoms with Gasteiger partial charge in [-0.05, 0) is 39.9 Å². The third-order valence-electron chi connectivity index (χ3n) is 3.35. The Bertz CT molecular complexity index is 153. The Labute approximate surface area is 94.8 Å². The molecule has 0 amide bonds. The summed E-state index contributed by atoms with van der Waals surface area (Å²) >= 11 is 0. The second-order valence-corrected chi connectivity index (χ2v) is 4.76. The Hall–Kier alpha value is -0.120. The zero-order valence-electron chi connectivity index (χ0n) is 10.6.